The monoisotopic (exact) mass is 336 g/mol. The van der Waals surface area contributed by atoms with Gasteiger partial charge in [0.05, 0.1) is 6.61 Å². The maximum Gasteiger partial charge on any atom is 0.330 e. The number of carbonyl (C=O) groups excluding carboxylic acids is 3. The van der Waals surface area contributed by atoms with Crippen LogP contribution in [0, 0.1) is 0 Å². The zero-order chi connectivity index (χ0) is 18.2. The molecule has 0 unspecified atom stereocenters. The molecular formula is C21H20O4. The van der Waals surface area contributed by atoms with E-state index in [0.29, 0.717) is 28.9 Å². The molecule has 0 radical (unpaired) electrons. The second-order valence-electron chi connectivity index (χ2n) is 5.47. The summed E-state index contributed by atoms with van der Waals surface area (Å²) in [6.07, 6.45) is 3.15. The molecule has 25 heavy (non-hydrogen) atoms. The lowest BCUT2D eigenvalue weighted by Gasteiger charge is -2.16. The molecule has 0 atom stereocenters. The summed E-state index contributed by atoms with van der Waals surface area (Å²) in [5.41, 5.74) is 2.02. The first-order valence-corrected chi connectivity index (χ1v) is 8.16. The molecule has 0 saturated carbocycles. The molecule has 1 aliphatic rings. The molecular weight excluding hydrogens is 316 g/mol. The van der Waals surface area contributed by atoms with Crippen LogP contribution in [0.5, 0.6) is 0 Å². The Hall–Kier alpha value is -3.01. The standard InChI is InChI=1S/C14H8O2.C7H12O2/c15-13-9-5-1-2-6-10(9)14(16)12-8-4-3-7-11(12)13;1-3-5-6-9-7(8)4-2/h1-8H;4H,2-3,5-6H2,1H3. The van der Waals surface area contributed by atoms with E-state index < -0.39 is 0 Å². The van der Waals surface area contributed by atoms with E-state index >= 15 is 0 Å². The van der Waals surface area contributed by atoms with Gasteiger partial charge in [-0.25, -0.2) is 4.79 Å². The second-order valence-corrected chi connectivity index (χ2v) is 5.47. The van der Waals surface area contributed by atoms with Crippen molar-refractivity contribution >= 4 is 17.5 Å². The Labute approximate surface area is 147 Å². The van der Waals surface area contributed by atoms with Crippen molar-refractivity contribution in [3.8, 4) is 0 Å². The predicted octanol–water partition coefficient (Wildman–Crippen LogP) is 3.98. The summed E-state index contributed by atoms with van der Waals surface area (Å²) in [7, 11) is 0. The number of unbranched alkanes of at least 4 members (excludes halogenated alkanes) is 1. The maximum absolute atomic E-state index is 12.1. The lowest BCUT2D eigenvalue weighted by molar-refractivity contribution is -0.137. The lowest BCUT2D eigenvalue weighted by atomic mass is 9.84. The van der Waals surface area contributed by atoms with Crippen molar-refractivity contribution in [3.05, 3.63) is 83.4 Å². The van der Waals surface area contributed by atoms with Gasteiger partial charge >= 0.3 is 5.97 Å². The van der Waals surface area contributed by atoms with Crippen molar-refractivity contribution in [2.45, 2.75) is 19.8 Å². The minimum Gasteiger partial charge on any atom is -0.463 e. The van der Waals surface area contributed by atoms with Crippen LogP contribution in [0.4, 0.5) is 0 Å². The van der Waals surface area contributed by atoms with Crippen LogP contribution in [0.15, 0.2) is 61.2 Å². The first kappa shape index (κ1) is 18.3. The van der Waals surface area contributed by atoms with Crippen molar-refractivity contribution in [2.24, 2.45) is 0 Å². The van der Waals surface area contributed by atoms with E-state index in [1.54, 1.807) is 48.5 Å². The minimum absolute atomic E-state index is 0.0641. The Balaban J connectivity index is 0.000000217. The van der Waals surface area contributed by atoms with E-state index in [2.05, 4.69) is 11.3 Å². The van der Waals surface area contributed by atoms with Crippen molar-refractivity contribution in [1.29, 1.82) is 0 Å². The van der Waals surface area contributed by atoms with Crippen molar-refractivity contribution in [2.75, 3.05) is 6.61 Å². The van der Waals surface area contributed by atoms with Crippen molar-refractivity contribution < 1.29 is 19.1 Å². The van der Waals surface area contributed by atoms with E-state index in [-0.39, 0.29) is 17.5 Å². The van der Waals surface area contributed by atoms with Gasteiger partial charge in [-0.3, -0.25) is 9.59 Å². The molecule has 0 spiro atoms. The van der Waals surface area contributed by atoms with Gasteiger partial charge in [0.15, 0.2) is 11.6 Å². The summed E-state index contributed by atoms with van der Waals surface area (Å²) in [5.74, 6) is -0.458. The Morgan fingerprint density at radius 1 is 0.920 bits per heavy atom. The van der Waals surface area contributed by atoms with Crippen LogP contribution in [0.1, 0.15) is 51.6 Å². The molecule has 3 rings (SSSR count). The number of hydrogen-bond donors (Lipinski definition) is 0. The van der Waals surface area contributed by atoms with Gasteiger partial charge in [0.2, 0.25) is 0 Å². The third-order valence-corrected chi connectivity index (χ3v) is 3.74. The number of ketones is 2. The summed E-state index contributed by atoms with van der Waals surface area (Å²) in [4.78, 5) is 34.5. The molecule has 0 heterocycles. The number of fused-ring (bicyclic) bond motifs is 2. The molecule has 0 amide bonds. The highest BCUT2D eigenvalue weighted by atomic mass is 16.5. The zero-order valence-corrected chi connectivity index (χ0v) is 14.2. The fourth-order valence-corrected chi connectivity index (χ4v) is 2.42. The number of carbonyl (C=O) groups is 3. The average Bonchev–Trinajstić information content (AvgIpc) is 2.66. The quantitative estimate of drug-likeness (QED) is 0.411. The highest BCUT2D eigenvalue weighted by Crippen LogP contribution is 2.26. The molecule has 2 aromatic carbocycles. The summed E-state index contributed by atoms with van der Waals surface area (Å²) in [5, 5.41) is 0. The van der Waals surface area contributed by atoms with Crippen LogP contribution in [-0.4, -0.2) is 24.1 Å². The highest BCUT2D eigenvalue weighted by Gasteiger charge is 2.28. The number of hydrogen-bond acceptors (Lipinski definition) is 4. The number of rotatable bonds is 4. The molecule has 0 N–H and O–H groups in total. The Morgan fingerprint density at radius 3 is 1.64 bits per heavy atom. The van der Waals surface area contributed by atoms with Gasteiger partial charge in [0.1, 0.15) is 0 Å². The molecule has 0 saturated heterocycles. The number of esters is 1. The van der Waals surface area contributed by atoms with Crippen LogP contribution in [-0.2, 0) is 9.53 Å². The summed E-state index contributed by atoms with van der Waals surface area (Å²) in [6.45, 7) is 5.82. The molecule has 0 aliphatic heterocycles. The molecule has 4 nitrogen and oxygen atoms in total. The van der Waals surface area contributed by atoms with E-state index in [1.807, 2.05) is 6.92 Å². The fraction of sp³-hybridized carbons (Fsp3) is 0.190. The van der Waals surface area contributed by atoms with E-state index in [9.17, 15) is 14.4 Å². The van der Waals surface area contributed by atoms with Gasteiger partial charge in [0, 0.05) is 28.3 Å². The number of ether oxygens (including phenoxy) is 1. The normalized spacial score (nSPS) is 11.6. The molecule has 0 fully saturated rings. The molecule has 4 heteroatoms. The SMILES string of the molecule is C=CC(=O)OCCCC.O=C1c2ccccc2C(=O)c2ccccc21. The number of benzene rings is 2. The average molecular weight is 336 g/mol. The smallest absolute Gasteiger partial charge is 0.330 e. The third kappa shape index (κ3) is 4.29. The lowest BCUT2D eigenvalue weighted by Crippen LogP contribution is -2.20. The van der Waals surface area contributed by atoms with Gasteiger partial charge in [0.25, 0.3) is 0 Å². The summed E-state index contributed by atoms with van der Waals surface area (Å²) >= 11 is 0. The first-order chi connectivity index (χ1) is 12.1. The molecule has 1 aliphatic carbocycles. The molecule has 0 aromatic heterocycles. The molecule has 128 valence electrons. The van der Waals surface area contributed by atoms with Crippen LogP contribution < -0.4 is 0 Å². The zero-order valence-electron chi connectivity index (χ0n) is 14.2. The van der Waals surface area contributed by atoms with Crippen LogP contribution in [0.3, 0.4) is 0 Å². The van der Waals surface area contributed by atoms with Gasteiger partial charge < -0.3 is 4.74 Å². The molecule has 0 bridgehead atoms. The Morgan fingerprint density at radius 2 is 1.32 bits per heavy atom. The predicted molar refractivity (Wildman–Crippen MR) is 95.8 cm³/mol. The summed E-state index contributed by atoms with van der Waals surface area (Å²) in [6, 6.07) is 13.9. The Kier molecular flexibility index (Phi) is 6.40. The fourth-order valence-electron chi connectivity index (χ4n) is 2.42. The topological polar surface area (TPSA) is 60.4 Å². The van der Waals surface area contributed by atoms with Crippen LogP contribution in [0.2, 0.25) is 0 Å². The van der Waals surface area contributed by atoms with Gasteiger partial charge in [-0.2, -0.15) is 0 Å². The first-order valence-electron chi connectivity index (χ1n) is 8.16. The van der Waals surface area contributed by atoms with E-state index in [4.69, 9.17) is 0 Å². The van der Waals surface area contributed by atoms with Gasteiger partial charge in [-0.15, -0.1) is 0 Å². The molecule has 2 aromatic rings. The van der Waals surface area contributed by atoms with Crippen LogP contribution >= 0.6 is 0 Å². The Bertz CT molecular complexity index is 700. The largest absolute Gasteiger partial charge is 0.463 e. The van der Waals surface area contributed by atoms with Crippen molar-refractivity contribution in [1.82, 2.24) is 0 Å². The van der Waals surface area contributed by atoms with E-state index in [0.717, 1.165) is 12.8 Å². The highest BCUT2D eigenvalue weighted by molar-refractivity contribution is 6.28. The van der Waals surface area contributed by atoms with Gasteiger partial charge in [-0.05, 0) is 6.42 Å². The third-order valence-electron chi connectivity index (χ3n) is 3.74. The maximum atomic E-state index is 12.1. The second kappa shape index (κ2) is 8.73. The van der Waals surface area contributed by atoms with E-state index in [1.165, 1.54) is 6.08 Å². The summed E-state index contributed by atoms with van der Waals surface area (Å²) < 4.78 is 4.67. The van der Waals surface area contributed by atoms with Crippen molar-refractivity contribution in [3.63, 3.8) is 0 Å². The van der Waals surface area contributed by atoms with Gasteiger partial charge in [-0.1, -0.05) is 68.5 Å². The minimum atomic E-state index is -0.330. The van der Waals surface area contributed by atoms with Crippen LogP contribution in [0.25, 0.3) is 0 Å².